The number of rotatable bonds is 0. The van der Waals surface area contributed by atoms with E-state index in [1.165, 1.54) is 0 Å². The molecule has 1 aliphatic rings. The highest BCUT2D eigenvalue weighted by atomic mass is 31.2. The normalized spacial score (nSPS) is 16.4. The highest BCUT2D eigenvalue weighted by molar-refractivity contribution is 7.38. The van der Waals surface area contributed by atoms with E-state index in [9.17, 15) is 0 Å². The van der Waals surface area contributed by atoms with Crippen molar-refractivity contribution in [1.82, 2.24) is 0 Å². The van der Waals surface area contributed by atoms with Gasteiger partial charge in [-0.15, -0.1) is 0 Å². The summed E-state index contributed by atoms with van der Waals surface area (Å²) in [6.07, 6.45) is 0. The first-order chi connectivity index (χ1) is 4.73. The standard InChI is InChI=1S/C4H8O2.H3O3P.H2O/c1-2-6-4-3-5-1;1-4(2)3;/h1-4H2;1-3H;1H2. The molecule has 1 rings (SSSR count). The van der Waals surface area contributed by atoms with Crippen LogP contribution in [0.25, 0.3) is 0 Å². The van der Waals surface area contributed by atoms with Gasteiger partial charge in [-0.25, -0.2) is 0 Å². The average Bonchev–Trinajstić information content (AvgIpc) is 1.90. The van der Waals surface area contributed by atoms with Crippen molar-refractivity contribution in [3.63, 3.8) is 0 Å². The molecule has 0 atom stereocenters. The van der Waals surface area contributed by atoms with Crippen LogP contribution in [0.3, 0.4) is 0 Å². The molecule has 1 aliphatic heterocycles. The predicted molar refractivity (Wildman–Crippen MR) is 38.8 cm³/mol. The van der Waals surface area contributed by atoms with Gasteiger partial charge in [0.05, 0.1) is 26.4 Å². The molecule has 11 heavy (non-hydrogen) atoms. The maximum atomic E-state index is 7.23. The minimum absolute atomic E-state index is 0. The van der Waals surface area contributed by atoms with Gasteiger partial charge in [0.15, 0.2) is 0 Å². The Hall–Kier alpha value is 0.190. The third-order valence-electron chi connectivity index (χ3n) is 0.744. The Morgan fingerprint density at radius 2 is 1.00 bits per heavy atom. The first-order valence-electron chi connectivity index (χ1n) is 2.75. The topological polar surface area (TPSA) is 111 Å². The van der Waals surface area contributed by atoms with E-state index in [-0.39, 0.29) is 5.48 Å². The van der Waals surface area contributed by atoms with Crippen molar-refractivity contribution < 1.29 is 29.6 Å². The summed E-state index contributed by atoms with van der Waals surface area (Å²) < 4.78 is 9.89. The lowest BCUT2D eigenvalue weighted by Crippen LogP contribution is -2.16. The Balaban J connectivity index is 0. The zero-order chi connectivity index (χ0) is 7.82. The van der Waals surface area contributed by atoms with Gasteiger partial charge in [-0.2, -0.15) is 0 Å². The van der Waals surface area contributed by atoms with Gasteiger partial charge in [0, 0.05) is 0 Å². The van der Waals surface area contributed by atoms with Crippen LogP contribution in [-0.4, -0.2) is 46.6 Å². The molecule has 0 spiro atoms. The average molecular weight is 188 g/mol. The summed E-state index contributed by atoms with van der Waals surface area (Å²) in [6, 6.07) is 0. The van der Waals surface area contributed by atoms with Crippen molar-refractivity contribution in [2.75, 3.05) is 26.4 Å². The molecule has 7 heteroatoms. The zero-order valence-electron chi connectivity index (χ0n) is 5.93. The lowest BCUT2D eigenvalue weighted by Gasteiger charge is -2.09. The quantitative estimate of drug-likeness (QED) is 0.396. The molecular formula is C4H13O6P. The third-order valence-corrected chi connectivity index (χ3v) is 0.744. The Morgan fingerprint density at radius 1 is 0.818 bits per heavy atom. The van der Waals surface area contributed by atoms with Crippen LogP contribution in [0.2, 0.25) is 0 Å². The molecule has 0 radical (unpaired) electrons. The maximum absolute atomic E-state index is 7.23. The van der Waals surface area contributed by atoms with Gasteiger partial charge >= 0.3 is 8.60 Å². The molecule has 0 aromatic heterocycles. The fourth-order valence-electron chi connectivity index (χ4n) is 0.440. The highest BCUT2D eigenvalue weighted by Crippen LogP contribution is 2.11. The fraction of sp³-hybridized carbons (Fsp3) is 1.00. The summed E-state index contributed by atoms with van der Waals surface area (Å²) in [5, 5.41) is 0. The van der Waals surface area contributed by atoms with Gasteiger partial charge in [0.2, 0.25) is 0 Å². The molecule has 1 saturated heterocycles. The van der Waals surface area contributed by atoms with Crippen molar-refractivity contribution >= 4 is 8.60 Å². The lowest BCUT2D eigenvalue weighted by atomic mass is 10.6. The van der Waals surface area contributed by atoms with Crippen LogP contribution in [0.15, 0.2) is 0 Å². The van der Waals surface area contributed by atoms with Crippen LogP contribution < -0.4 is 0 Å². The van der Waals surface area contributed by atoms with Crippen LogP contribution in [0.5, 0.6) is 0 Å². The molecule has 0 unspecified atom stereocenters. The molecular weight excluding hydrogens is 175 g/mol. The molecule has 1 heterocycles. The molecule has 0 bridgehead atoms. The molecule has 0 aliphatic carbocycles. The van der Waals surface area contributed by atoms with E-state index in [0.717, 1.165) is 26.4 Å². The molecule has 0 aromatic rings. The number of hydrogen-bond acceptors (Lipinski definition) is 5. The SMILES string of the molecule is C1COCCO1.O.OP(O)O. The molecule has 1 fully saturated rings. The van der Waals surface area contributed by atoms with Crippen molar-refractivity contribution in [1.29, 1.82) is 0 Å². The number of ether oxygens (including phenoxy) is 2. The van der Waals surface area contributed by atoms with E-state index in [1.807, 2.05) is 0 Å². The van der Waals surface area contributed by atoms with E-state index in [0.29, 0.717) is 0 Å². The summed E-state index contributed by atoms with van der Waals surface area (Å²) in [5.74, 6) is 0. The second-order valence-corrected chi connectivity index (χ2v) is 2.03. The monoisotopic (exact) mass is 188 g/mol. The second-order valence-electron chi connectivity index (χ2n) is 1.49. The third kappa shape index (κ3) is 17.8. The molecule has 0 saturated carbocycles. The molecule has 6 nitrogen and oxygen atoms in total. The molecule has 0 amide bonds. The highest BCUT2D eigenvalue weighted by Gasteiger charge is 1.94. The van der Waals surface area contributed by atoms with Gasteiger partial charge in [-0.3, -0.25) is 0 Å². The van der Waals surface area contributed by atoms with Crippen LogP contribution in [0, 0.1) is 0 Å². The molecule has 5 N–H and O–H groups in total. The summed E-state index contributed by atoms with van der Waals surface area (Å²) in [4.78, 5) is 21.7. The van der Waals surface area contributed by atoms with E-state index < -0.39 is 8.60 Å². The van der Waals surface area contributed by atoms with E-state index in [1.54, 1.807) is 0 Å². The van der Waals surface area contributed by atoms with Crippen molar-refractivity contribution in [2.24, 2.45) is 0 Å². The first-order valence-corrected chi connectivity index (χ1v) is 3.95. The summed E-state index contributed by atoms with van der Waals surface area (Å²) in [5.41, 5.74) is 0. The lowest BCUT2D eigenvalue weighted by molar-refractivity contribution is -0.0334. The van der Waals surface area contributed by atoms with Crippen LogP contribution in [-0.2, 0) is 9.47 Å². The van der Waals surface area contributed by atoms with Gasteiger partial charge in [0.25, 0.3) is 0 Å². The van der Waals surface area contributed by atoms with Gasteiger partial charge in [-0.05, 0) is 0 Å². The van der Waals surface area contributed by atoms with Crippen molar-refractivity contribution in [2.45, 2.75) is 0 Å². The number of hydrogen-bond donors (Lipinski definition) is 3. The van der Waals surface area contributed by atoms with Crippen molar-refractivity contribution in [3.8, 4) is 0 Å². The minimum Gasteiger partial charge on any atom is -0.412 e. The maximum Gasteiger partial charge on any atom is 0.324 e. The van der Waals surface area contributed by atoms with Gasteiger partial charge < -0.3 is 29.6 Å². The Labute approximate surface area is 65.7 Å². The minimum atomic E-state index is -2.62. The van der Waals surface area contributed by atoms with Gasteiger partial charge in [0.1, 0.15) is 0 Å². The van der Waals surface area contributed by atoms with Crippen molar-refractivity contribution in [3.05, 3.63) is 0 Å². The largest absolute Gasteiger partial charge is 0.412 e. The fourth-order valence-corrected chi connectivity index (χ4v) is 0.440. The molecule has 70 valence electrons. The van der Waals surface area contributed by atoms with E-state index in [4.69, 9.17) is 24.2 Å². The molecule has 0 aromatic carbocycles. The van der Waals surface area contributed by atoms with Crippen LogP contribution >= 0.6 is 8.60 Å². The summed E-state index contributed by atoms with van der Waals surface area (Å²) in [7, 11) is -2.62. The van der Waals surface area contributed by atoms with Crippen LogP contribution in [0.4, 0.5) is 0 Å². The Bertz CT molecular complexity index is 51.3. The second kappa shape index (κ2) is 10.2. The zero-order valence-corrected chi connectivity index (χ0v) is 6.83. The summed E-state index contributed by atoms with van der Waals surface area (Å²) in [6.45, 7) is 3.11. The smallest absolute Gasteiger partial charge is 0.324 e. The van der Waals surface area contributed by atoms with E-state index >= 15 is 0 Å². The first kappa shape index (κ1) is 13.8. The van der Waals surface area contributed by atoms with E-state index in [2.05, 4.69) is 0 Å². The Kier molecular flexibility index (Phi) is 12.7. The Morgan fingerprint density at radius 3 is 1.09 bits per heavy atom. The van der Waals surface area contributed by atoms with Gasteiger partial charge in [-0.1, -0.05) is 0 Å². The van der Waals surface area contributed by atoms with Crippen LogP contribution in [0.1, 0.15) is 0 Å². The summed E-state index contributed by atoms with van der Waals surface area (Å²) >= 11 is 0. The predicted octanol–water partition coefficient (Wildman–Crippen LogP) is -1.60.